The number of benzene rings is 2. The number of ether oxygens (including phenoxy) is 2. The Morgan fingerprint density at radius 1 is 1.24 bits per heavy atom. The molecule has 0 atom stereocenters. The lowest BCUT2D eigenvalue weighted by atomic mass is 10.1. The minimum absolute atomic E-state index is 0.0460. The monoisotopic (exact) mass is 449 g/mol. The van der Waals surface area contributed by atoms with Crippen LogP contribution in [0.3, 0.4) is 0 Å². The maximum Gasteiger partial charge on any atom is 0.416 e. The van der Waals surface area contributed by atoms with Crippen LogP contribution in [-0.4, -0.2) is 29.5 Å². The minimum atomic E-state index is -4.56. The summed E-state index contributed by atoms with van der Waals surface area (Å²) in [7, 11) is 0. The van der Waals surface area contributed by atoms with Crippen LogP contribution in [0.25, 0.3) is 0 Å². The van der Waals surface area contributed by atoms with Gasteiger partial charge in [0.1, 0.15) is 18.1 Å². The number of nitro groups is 1. The molecule has 0 heterocycles. The molecule has 2 rings (SSSR count). The fourth-order valence-corrected chi connectivity index (χ4v) is 2.75. The molecule has 156 valence electrons. The van der Waals surface area contributed by atoms with Crippen LogP contribution in [0.5, 0.6) is 11.5 Å². The lowest BCUT2D eigenvalue weighted by Crippen LogP contribution is -2.11. The third-order valence-corrected chi connectivity index (χ3v) is 4.49. The molecule has 0 aliphatic carbocycles. The first kappa shape index (κ1) is 22.8. The molecule has 29 heavy (non-hydrogen) atoms. The van der Waals surface area contributed by atoms with Gasteiger partial charge in [0.05, 0.1) is 21.9 Å². The van der Waals surface area contributed by atoms with Crippen molar-refractivity contribution < 1.29 is 32.4 Å². The fourth-order valence-electron chi connectivity index (χ4n) is 2.28. The summed E-state index contributed by atoms with van der Waals surface area (Å²) in [5, 5.41) is 10.9. The largest absolute Gasteiger partial charge is 0.465 e. The molecule has 2 aromatic rings. The van der Waals surface area contributed by atoms with Crippen LogP contribution >= 0.6 is 23.4 Å². The van der Waals surface area contributed by atoms with Gasteiger partial charge < -0.3 is 9.47 Å². The molecule has 0 spiro atoms. The second-order valence-corrected chi connectivity index (χ2v) is 7.08. The quantitative estimate of drug-likeness (QED) is 0.229. The first-order valence-electron chi connectivity index (χ1n) is 8.08. The zero-order chi connectivity index (χ0) is 21.6. The Balaban J connectivity index is 2.24. The third-order valence-electron chi connectivity index (χ3n) is 3.62. The third kappa shape index (κ3) is 6.53. The van der Waals surface area contributed by atoms with Crippen LogP contribution < -0.4 is 4.74 Å². The molecule has 0 radical (unpaired) electrons. The van der Waals surface area contributed by atoms with Gasteiger partial charge in [-0.05, 0) is 36.6 Å². The molecule has 0 aliphatic rings. The van der Waals surface area contributed by atoms with Crippen LogP contribution in [0.4, 0.5) is 18.9 Å². The van der Waals surface area contributed by atoms with Crippen molar-refractivity contribution in [2.75, 3.05) is 18.6 Å². The van der Waals surface area contributed by atoms with Crippen LogP contribution in [0.15, 0.2) is 36.4 Å². The molecule has 0 saturated carbocycles. The van der Waals surface area contributed by atoms with Crippen LogP contribution in [0.1, 0.15) is 11.1 Å². The SMILES string of the molecule is CSCCOC(=O)Cc1cc(Oc2ccc(C(F)(F)F)cc2Cl)ccc1[N+](=O)[O-]. The number of hydrogen-bond acceptors (Lipinski definition) is 6. The molecule has 0 amide bonds. The van der Waals surface area contributed by atoms with E-state index in [0.29, 0.717) is 11.8 Å². The van der Waals surface area contributed by atoms with E-state index in [1.54, 1.807) is 0 Å². The highest BCUT2D eigenvalue weighted by molar-refractivity contribution is 7.98. The number of thioether (sulfide) groups is 1. The summed E-state index contributed by atoms with van der Waals surface area (Å²) in [4.78, 5) is 22.4. The lowest BCUT2D eigenvalue weighted by Gasteiger charge is -2.12. The van der Waals surface area contributed by atoms with Crippen molar-refractivity contribution in [2.45, 2.75) is 12.6 Å². The Kier molecular flexibility index (Phi) is 7.74. The molecule has 0 aliphatic heterocycles. The Morgan fingerprint density at radius 3 is 2.55 bits per heavy atom. The van der Waals surface area contributed by atoms with Crippen LogP contribution in [0.2, 0.25) is 5.02 Å². The van der Waals surface area contributed by atoms with E-state index in [4.69, 9.17) is 21.1 Å². The summed E-state index contributed by atoms with van der Waals surface area (Å²) in [6.45, 7) is 0.172. The van der Waals surface area contributed by atoms with Crippen molar-refractivity contribution in [1.29, 1.82) is 0 Å². The van der Waals surface area contributed by atoms with Gasteiger partial charge >= 0.3 is 12.1 Å². The normalized spacial score (nSPS) is 11.2. The number of alkyl halides is 3. The molecule has 11 heteroatoms. The smallest absolute Gasteiger partial charge is 0.416 e. The number of esters is 1. The molecular weight excluding hydrogens is 435 g/mol. The number of carbonyl (C=O) groups excluding carboxylic acids is 1. The second kappa shape index (κ2) is 9.84. The molecule has 0 unspecified atom stereocenters. The summed E-state index contributed by atoms with van der Waals surface area (Å²) >= 11 is 7.33. The molecule has 0 bridgehead atoms. The van der Waals surface area contributed by atoms with Crippen molar-refractivity contribution in [3.8, 4) is 11.5 Å². The van der Waals surface area contributed by atoms with Gasteiger partial charge in [0.25, 0.3) is 5.69 Å². The number of hydrogen-bond donors (Lipinski definition) is 0. The summed E-state index contributed by atoms with van der Waals surface area (Å²) in [6, 6.07) is 6.21. The van der Waals surface area contributed by atoms with Crippen molar-refractivity contribution in [3.05, 3.63) is 62.7 Å². The van der Waals surface area contributed by atoms with Gasteiger partial charge in [-0.2, -0.15) is 24.9 Å². The van der Waals surface area contributed by atoms with Crippen molar-refractivity contribution in [3.63, 3.8) is 0 Å². The zero-order valence-corrected chi connectivity index (χ0v) is 16.6. The number of nitrogens with zero attached hydrogens (tertiary/aromatic N) is 1. The molecule has 0 N–H and O–H groups in total. The predicted molar refractivity (Wildman–Crippen MR) is 103 cm³/mol. The topological polar surface area (TPSA) is 78.7 Å². The summed E-state index contributed by atoms with van der Waals surface area (Å²) in [5.41, 5.74) is -1.20. The van der Waals surface area contributed by atoms with Crippen LogP contribution in [0, 0.1) is 10.1 Å². The fraction of sp³-hybridized carbons (Fsp3) is 0.278. The minimum Gasteiger partial charge on any atom is -0.465 e. The Hall–Kier alpha value is -2.46. The first-order chi connectivity index (χ1) is 13.6. The van der Waals surface area contributed by atoms with E-state index in [9.17, 15) is 28.1 Å². The van der Waals surface area contributed by atoms with E-state index in [1.807, 2.05) is 6.26 Å². The number of rotatable bonds is 8. The average Bonchev–Trinajstić information content (AvgIpc) is 2.62. The van der Waals surface area contributed by atoms with Gasteiger partial charge in [-0.1, -0.05) is 11.6 Å². The highest BCUT2D eigenvalue weighted by Crippen LogP contribution is 2.37. The van der Waals surface area contributed by atoms with Crippen molar-refractivity contribution in [2.24, 2.45) is 0 Å². The molecular formula is C18H15ClF3NO5S. The molecule has 6 nitrogen and oxygen atoms in total. The lowest BCUT2D eigenvalue weighted by molar-refractivity contribution is -0.385. The highest BCUT2D eigenvalue weighted by atomic mass is 35.5. The van der Waals surface area contributed by atoms with E-state index in [1.165, 1.54) is 23.9 Å². The molecule has 0 saturated heterocycles. The Bertz CT molecular complexity index is 908. The number of carbonyl (C=O) groups is 1. The maximum absolute atomic E-state index is 12.7. The summed E-state index contributed by atoms with van der Waals surface area (Å²) in [5.74, 6) is -0.0540. The average molecular weight is 450 g/mol. The van der Waals surface area contributed by atoms with Crippen LogP contribution in [-0.2, 0) is 22.1 Å². The van der Waals surface area contributed by atoms with E-state index < -0.39 is 22.6 Å². The number of nitro benzene ring substituents is 1. The van der Waals surface area contributed by atoms with Gasteiger partial charge in [-0.25, -0.2) is 0 Å². The van der Waals surface area contributed by atoms with E-state index in [0.717, 1.165) is 18.2 Å². The van der Waals surface area contributed by atoms with Crippen molar-refractivity contribution >= 4 is 35.0 Å². The maximum atomic E-state index is 12.7. The summed E-state index contributed by atoms with van der Waals surface area (Å²) in [6.07, 6.45) is -3.08. The molecule has 0 fully saturated rings. The van der Waals surface area contributed by atoms with Crippen molar-refractivity contribution in [1.82, 2.24) is 0 Å². The molecule has 2 aromatic carbocycles. The molecule has 0 aromatic heterocycles. The number of halogens is 4. The zero-order valence-electron chi connectivity index (χ0n) is 15.0. The second-order valence-electron chi connectivity index (χ2n) is 5.68. The first-order valence-corrected chi connectivity index (χ1v) is 9.85. The van der Waals surface area contributed by atoms with Gasteiger partial charge in [-0.15, -0.1) is 0 Å². The van der Waals surface area contributed by atoms with Gasteiger partial charge in [0, 0.05) is 17.4 Å². The highest BCUT2D eigenvalue weighted by Gasteiger charge is 2.31. The Morgan fingerprint density at radius 2 is 1.97 bits per heavy atom. The standard InChI is InChI=1S/C18H15ClF3NO5S/c1-29-7-6-27-17(24)9-11-8-13(3-4-15(11)23(25)26)28-16-5-2-12(10-14(16)19)18(20,21)22/h2-5,8,10H,6-7,9H2,1H3. The van der Waals surface area contributed by atoms with E-state index >= 15 is 0 Å². The predicted octanol–water partition coefficient (Wildman–Crippen LogP) is 5.51. The summed E-state index contributed by atoms with van der Waals surface area (Å²) < 4.78 is 48.6. The van der Waals surface area contributed by atoms with Gasteiger partial charge in [0.2, 0.25) is 0 Å². The van der Waals surface area contributed by atoms with E-state index in [2.05, 4.69) is 0 Å². The van der Waals surface area contributed by atoms with E-state index in [-0.39, 0.29) is 40.8 Å². The van der Waals surface area contributed by atoms with Gasteiger partial charge in [-0.3, -0.25) is 14.9 Å². The Labute approximate surface area is 173 Å². The van der Waals surface area contributed by atoms with Gasteiger partial charge in [0.15, 0.2) is 0 Å².